The molecular weight excluding hydrogens is 242 g/mol. The molecule has 1 aromatic carbocycles. The highest BCUT2D eigenvalue weighted by Crippen LogP contribution is 2.24. The van der Waals surface area contributed by atoms with Crippen LogP contribution < -0.4 is 11.1 Å². The molecule has 0 aromatic heterocycles. The van der Waals surface area contributed by atoms with Crippen molar-refractivity contribution in [3.63, 3.8) is 0 Å². The average Bonchev–Trinajstić information content (AvgIpc) is 2.83. The van der Waals surface area contributed by atoms with E-state index in [0.717, 1.165) is 12.8 Å². The molecule has 2 atom stereocenters. The predicted molar refractivity (Wildman–Crippen MR) is 73.2 cm³/mol. The molecule has 1 aromatic rings. The molecule has 4 N–H and O–H groups in total. The molecule has 0 saturated heterocycles. The zero-order chi connectivity index (χ0) is 13.8. The number of oxime groups is 1. The van der Waals surface area contributed by atoms with Gasteiger partial charge in [0.05, 0.1) is 0 Å². The van der Waals surface area contributed by atoms with Crippen molar-refractivity contribution in [2.45, 2.75) is 32.2 Å². The summed E-state index contributed by atoms with van der Waals surface area (Å²) in [4.78, 5) is 12.0. The number of carbonyl (C=O) groups is 1. The smallest absolute Gasteiger partial charge is 0.251 e. The first-order valence-corrected chi connectivity index (χ1v) is 6.49. The Morgan fingerprint density at radius 2 is 1.95 bits per heavy atom. The summed E-state index contributed by atoms with van der Waals surface area (Å²) in [5, 5.41) is 14.5. The van der Waals surface area contributed by atoms with Gasteiger partial charge >= 0.3 is 0 Å². The van der Waals surface area contributed by atoms with Crippen LogP contribution in [-0.2, 0) is 0 Å². The van der Waals surface area contributed by atoms with E-state index in [2.05, 4.69) is 17.4 Å². The lowest BCUT2D eigenvalue weighted by Crippen LogP contribution is -2.32. The van der Waals surface area contributed by atoms with E-state index in [1.165, 1.54) is 6.42 Å². The van der Waals surface area contributed by atoms with E-state index in [9.17, 15) is 4.79 Å². The van der Waals surface area contributed by atoms with E-state index in [0.29, 0.717) is 17.0 Å². The van der Waals surface area contributed by atoms with Gasteiger partial charge in [-0.1, -0.05) is 24.2 Å². The second kappa shape index (κ2) is 5.73. The molecule has 1 fully saturated rings. The van der Waals surface area contributed by atoms with Crippen molar-refractivity contribution in [1.82, 2.24) is 5.32 Å². The van der Waals surface area contributed by atoms with Gasteiger partial charge in [0.25, 0.3) is 5.91 Å². The lowest BCUT2D eigenvalue weighted by atomic mass is 10.1. The summed E-state index contributed by atoms with van der Waals surface area (Å²) in [6.45, 7) is 2.21. The minimum absolute atomic E-state index is 0.0385. The van der Waals surface area contributed by atoms with E-state index >= 15 is 0 Å². The maximum Gasteiger partial charge on any atom is 0.251 e. The Morgan fingerprint density at radius 1 is 1.32 bits per heavy atom. The van der Waals surface area contributed by atoms with Gasteiger partial charge in [-0.15, -0.1) is 0 Å². The molecule has 1 aliphatic rings. The van der Waals surface area contributed by atoms with Gasteiger partial charge in [-0.3, -0.25) is 4.79 Å². The van der Waals surface area contributed by atoms with Crippen molar-refractivity contribution in [1.29, 1.82) is 0 Å². The Morgan fingerprint density at radius 3 is 2.47 bits per heavy atom. The van der Waals surface area contributed by atoms with Gasteiger partial charge in [0.15, 0.2) is 5.84 Å². The quantitative estimate of drug-likeness (QED) is 0.335. The third-order valence-electron chi connectivity index (χ3n) is 3.58. The number of amides is 1. The van der Waals surface area contributed by atoms with Crippen molar-refractivity contribution in [2.24, 2.45) is 16.8 Å². The van der Waals surface area contributed by atoms with Crippen molar-refractivity contribution in [2.75, 3.05) is 0 Å². The second-order valence-electron chi connectivity index (χ2n) is 5.15. The van der Waals surface area contributed by atoms with Crippen LogP contribution in [0.25, 0.3) is 0 Å². The van der Waals surface area contributed by atoms with Gasteiger partial charge in [-0.25, -0.2) is 0 Å². The van der Waals surface area contributed by atoms with Crippen LogP contribution in [-0.4, -0.2) is 23.0 Å². The normalized spacial score (nSPS) is 23.3. The van der Waals surface area contributed by atoms with Gasteiger partial charge in [0.2, 0.25) is 0 Å². The van der Waals surface area contributed by atoms with Gasteiger partial charge in [-0.05, 0) is 37.3 Å². The molecule has 19 heavy (non-hydrogen) atoms. The van der Waals surface area contributed by atoms with E-state index in [1.807, 2.05) is 0 Å². The summed E-state index contributed by atoms with van der Waals surface area (Å²) >= 11 is 0. The van der Waals surface area contributed by atoms with Crippen LogP contribution in [0.2, 0.25) is 0 Å². The second-order valence-corrected chi connectivity index (χ2v) is 5.15. The fraction of sp³-hybridized carbons (Fsp3) is 0.429. The first kappa shape index (κ1) is 13.4. The zero-order valence-corrected chi connectivity index (χ0v) is 11.0. The molecule has 2 unspecified atom stereocenters. The molecule has 5 nitrogen and oxygen atoms in total. The molecule has 2 rings (SSSR count). The van der Waals surface area contributed by atoms with Gasteiger partial charge in [-0.2, -0.15) is 0 Å². The SMILES string of the molecule is CC1CCC(NC(=O)c2ccc(/C(N)=N/O)cc2)C1. The molecular formula is C14H19N3O2. The summed E-state index contributed by atoms with van der Waals surface area (Å²) in [5.41, 5.74) is 6.65. The monoisotopic (exact) mass is 261 g/mol. The van der Waals surface area contributed by atoms with Crippen molar-refractivity contribution < 1.29 is 10.0 Å². The van der Waals surface area contributed by atoms with Crippen molar-refractivity contribution in [3.05, 3.63) is 35.4 Å². The minimum Gasteiger partial charge on any atom is -0.409 e. The summed E-state index contributed by atoms with van der Waals surface area (Å²) in [5.74, 6) is 0.662. The van der Waals surface area contributed by atoms with Gasteiger partial charge in [0.1, 0.15) is 0 Å². The minimum atomic E-state index is -0.0647. The third kappa shape index (κ3) is 3.24. The number of hydrogen-bond donors (Lipinski definition) is 3. The number of rotatable bonds is 3. The topological polar surface area (TPSA) is 87.7 Å². The van der Waals surface area contributed by atoms with Crippen LogP contribution >= 0.6 is 0 Å². The Labute approximate surface area is 112 Å². The number of benzene rings is 1. The molecule has 0 heterocycles. The van der Waals surface area contributed by atoms with Crippen LogP contribution in [0.4, 0.5) is 0 Å². The number of amidine groups is 1. The number of carbonyl (C=O) groups excluding carboxylic acids is 1. The summed E-state index contributed by atoms with van der Waals surface area (Å²) < 4.78 is 0. The molecule has 5 heteroatoms. The maximum absolute atomic E-state index is 12.0. The molecule has 1 saturated carbocycles. The maximum atomic E-state index is 12.0. The predicted octanol–water partition coefficient (Wildman–Crippen LogP) is 1.70. The van der Waals surface area contributed by atoms with Crippen LogP contribution in [0.3, 0.4) is 0 Å². The third-order valence-corrected chi connectivity index (χ3v) is 3.58. The summed E-state index contributed by atoms with van der Waals surface area (Å²) in [6.07, 6.45) is 3.27. The number of nitrogens with two attached hydrogens (primary N) is 1. The van der Waals surface area contributed by atoms with Crippen LogP contribution in [0.5, 0.6) is 0 Å². The van der Waals surface area contributed by atoms with E-state index < -0.39 is 0 Å². The van der Waals surface area contributed by atoms with Crippen LogP contribution in [0.15, 0.2) is 29.4 Å². The fourth-order valence-corrected chi connectivity index (χ4v) is 2.46. The first-order valence-electron chi connectivity index (χ1n) is 6.49. The zero-order valence-electron chi connectivity index (χ0n) is 11.0. The standard InChI is InChI=1S/C14H19N3O2/c1-9-2-7-12(8-9)16-14(18)11-5-3-10(4-6-11)13(15)17-19/h3-6,9,12,19H,2,7-8H2,1H3,(H2,15,17)(H,16,18). The first-order chi connectivity index (χ1) is 9.10. The molecule has 0 spiro atoms. The Bertz CT molecular complexity index is 482. The highest BCUT2D eigenvalue weighted by atomic mass is 16.4. The highest BCUT2D eigenvalue weighted by molar-refractivity contribution is 5.99. The molecule has 0 bridgehead atoms. The lowest BCUT2D eigenvalue weighted by molar-refractivity contribution is 0.0937. The molecule has 0 aliphatic heterocycles. The van der Waals surface area contributed by atoms with Crippen molar-refractivity contribution in [3.8, 4) is 0 Å². The summed E-state index contributed by atoms with van der Waals surface area (Å²) in [6, 6.07) is 6.98. The van der Waals surface area contributed by atoms with E-state index in [-0.39, 0.29) is 17.8 Å². The Kier molecular flexibility index (Phi) is 4.04. The molecule has 102 valence electrons. The highest BCUT2D eigenvalue weighted by Gasteiger charge is 2.22. The van der Waals surface area contributed by atoms with Crippen LogP contribution in [0, 0.1) is 5.92 Å². The van der Waals surface area contributed by atoms with Gasteiger partial charge < -0.3 is 16.3 Å². The number of hydrogen-bond acceptors (Lipinski definition) is 3. The van der Waals surface area contributed by atoms with Crippen molar-refractivity contribution >= 4 is 11.7 Å². The van der Waals surface area contributed by atoms with E-state index in [4.69, 9.17) is 10.9 Å². The average molecular weight is 261 g/mol. The Hall–Kier alpha value is -2.04. The number of nitrogens with zero attached hydrogens (tertiary/aromatic N) is 1. The largest absolute Gasteiger partial charge is 0.409 e. The number of nitrogens with one attached hydrogen (secondary N) is 1. The molecule has 1 aliphatic carbocycles. The lowest BCUT2D eigenvalue weighted by Gasteiger charge is -2.12. The van der Waals surface area contributed by atoms with Gasteiger partial charge in [0, 0.05) is 17.2 Å². The van der Waals surface area contributed by atoms with Crippen LogP contribution in [0.1, 0.15) is 42.1 Å². The summed E-state index contributed by atoms with van der Waals surface area (Å²) in [7, 11) is 0. The molecule has 1 amide bonds. The Balaban J connectivity index is 2.00. The van der Waals surface area contributed by atoms with E-state index in [1.54, 1.807) is 24.3 Å². The fourth-order valence-electron chi connectivity index (χ4n) is 2.46. The molecule has 0 radical (unpaired) electrons.